The van der Waals surface area contributed by atoms with Gasteiger partial charge in [0.25, 0.3) is 0 Å². The van der Waals surface area contributed by atoms with Gasteiger partial charge in [0.2, 0.25) is 11.8 Å². The van der Waals surface area contributed by atoms with Crippen LogP contribution in [0.25, 0.3) is 0 Å². The third-order valence-corrected chi connectivity index (χ3v) is 12.3. The van der Waals surface area contributed by atoms with Crippen molar-refractivity contribution in [1.82, 2.24) is 9.80 Å². The molecule has 9 heteroatoms. The molecule has 40 heavy (non-hydrogen) atoms. The normalized spacial score (nSPS) is 32.0. The van der Waals surface area contributed by atoms with E-state index in [1.807, 2.05) is 35.2 Å². The van der Waals surface area contributed by atoms with Crippen LogP contribution >= 0.6 is 27.7 Å². The molecule has 7 nitrogen and oxygen atoms in total. The number of thioether (sulfide) groups is 1. The second-order valence-corrected chi connectivity index (χ2v) is 14.1. The molecule has 1 N–H and O–H groups in total. The summed E-state index contributed by atoms with van der Waals surface area (Å²) in [5.74, 6) is -2.11. The van der Waals surface area contributed by atoms with E-state index in [9.17, 15) is 19.5 Å². The van der Waals surface area contributed by atoms with E-state index in [2.05, 4.69) is 29.1 Å². The predicted molar refractivity (Wildman–Crippen MR) is 160 cm³/mol. The number of alkyl halides is 1. The summed E-state index contributed by atoms with van der Waals surface area (Å²) in [6.07, 6.45) is 9.71. The molecule has 2 amide bonds. The zero-order valence-electron chi connectivity index (χ0n) is 22.8. The summed E-state index contributed by atoms with van der Waals surface area (Å²) in [4.78, 5) is 46.3. The number of hydrogen-bond acceptors (Lipinski definition) is 6. The quantitative estimate of drug-likeness (QED) is 0.166. The van der Waals surface area contributed by atoms with Gasteiger partial charge in [0.1, 0.15) is 6.04 Å². The molecule has 0 radical (unpaired) electrons. The number of carbonyl (C=O) groups is 3. The molecule has 1 aliphatic carbocycles. The predicted octanol–water partition coefficient (Wildman–Crippen LogP) is 4.65. The van der Waals surface area contributed by atoms with Gasteiger partial charge in [-0.2, -0.15) is 0 Å². The maximum atomic E-state index is 14.8. The van der Waals surface area contributed by atoms with E-state index in [0.717, 1.165) is 37.7 Å². The van der Waals surface area contributed by atoms with Crippen LogP contribution in [-0.2, 0) is 19.1 Å². The van der Waals surface area contributed by atoms with E-state index in [1.165, 1.54) is 0 Å². The highest BCUT2D eigenvalue weighted by Crippen LogP contribution is 2.68. The zero-order chi connectivity index (χ0) is 28.4. The number of esters is 1. The Hall–Kier alpha value is -2.10. The minimum atomic E-state index is -0.815. The number of amides is 2. The van der Waals surface area contributed by atoms with E-state index in [0.29, 0.717) is 19.4 Å². The maximum Gasteiger partial charge on any atom is 0.310 e. The molecule has 7 atom stereocenters. The van der Waals surface area contributed by atoms with Crippen molar-refractivity contribution < 1.29 is 24.2 Å². The average molecular weight is 632 g/mol. The lowest BCUT2D eigenvalue weighted by atomic mass is 9.71. The molecule has 5 rings (SSSR count). The SMILES string of the molecule is C=CCCOC(=O)[C@H]1[C@@H]2SC3(CC2Br)C(C(=O)N(CC=C)C2CCCCC2)N([C@H](CO)c2ccccc2)C(=O)[C@H]13. The van der Waals surface area contributed by atoms with Crippen LogP contribution < -0.4 is 0 Å². The number of carbonyl (C=O) groups excluding carboxylic acids is 3. The number of halogens is 1. The topological polar surface area (TPSA) is 87.2 Å². The summed E-state index contributed by atoms with van der Waals surface area (Å²) >= 11 is 5.41. The van der Waals surface area contributed by atoms with Crippen LogP contribution in [0.1, 0.15) is 56.6 Å². The number of aliphatic hydroxyl groups is 1. The highest BCUT2D eigenvalue weighted by atomic mass is 79.9. The minimum absolute atomic E-state index is 0.0411. The number of rotatable bonds is 11. The summed E-state index contributed by atoms with van der Waals surface area (Å²) in [5.41, 5.74) is 0.764. The van der Waals surface area contributed by atoms with Crippen molar-refractivity contribution in [3.63, 3.8) is 0 Å². The van der Waals surface area contributed by atoms with Crippen molar-refractivity contribution in [2.75, 3.05) is 19.8 Å². The van der Waals surface area contributed by atoms with Gasteiger partial charge in [-0.1, -0.05) is 77.7 Å². The lowest BCUT2D eigenvalue weighted by molar-refractivity contribution is -0.154. The Labute approximate surface area is 249 Å². The Morgan fingerprint density at radius 2 is 1.93 bits per heavy atom. The Kier molecular flexibility index (Phi) is 9.12. The molecular weight excluding hydrogens is 592 g/mol. The molecular formula is C31H39BrN2O5S. The molecule has 1 aromatic carbocycles. The molecule has 2 bridgehead atoms. The average Bonchev–Trinajstić information content (AvgIpc) is 3.56. The minimum Gasteiger partial charge on any atom is -0.465 e. The Bertz CT molecular complexity index is 1130. The van der Waals surface area contributed by atoms with Crippen molar-refractivity contribution in [3.8, 4) is 0 Å². The molecule has 3 unspecified atom stereocenters. The molecule has 3 saturated heterocycles. The van der Waals surface area contributed by atoms with Crippen LogP contribution in [0.4, 0.5) is 0 Å². The number of benzene rings is 1. The van der Waals surface area contributed by atoms with Crippen LogP contribution in [0.3, 0.4) is 0 Å². The lowest BCUT2D eigenvalue weighted by Gasteiger charge is -2.42. The first-order chi connectivity index (χ1) is 19.4. The van der Waals surface area contributed by atoms with Gasteiger partial charge in [0.05, 0.1) is 35.8 Å². The van der Waals surface area contributed by atoms with E-state index in [1.54, 1.807) is 28.8 Å². The number of aliphatic hydroxyl groups excluding tert-OH is 1. The lowest BCUT2D eigenvalue weighted by Crippen LogP contribution is -2.58. The van der Waals surface area contributed by atoms with Crippen LogP contribution in [-0.4, -0.2) is 79.4 Å². The zero-order valence-corrected chi connectivity index (χ0v) is 25.2. The molecule has 3 aliphatic heterocycles. The summed E-state index contributed by atoms with van der Waals surface area (Å²) in [5, 5.41) is 10.5. The maximum absolute atomic E-state index is 14.8. The van der Waals surface area contributed by atoms with Crippen LogP contribution in [0, 0.1) is 11.8 Å². The van der Waals surface area contributed by atoms with Gasteiger partial charge in [-0.3, -0.25) is 14.4 Å². The molecule has 1 aromatic rings. The van der Waals surface area contributed by atoms with Crippen LogP contribution in [0.2, 0.25) is 0 Å². The third-order valence-electron chi connectivity index (χ3n) is 9.12. The molecule has 4 aliphatic rings. The molecule has 1 spiro atoms. The highest BCUT2D eigenvalue weighted by Gasteiger charge is 2.77. The smallest absolute Gasteiger partial charge is 0.310 e. The summed E-state index contributed by atoms with van der Waals surface area (Å²) in [6, 6.07) is 7.95. The fourth-order valence-electron chi connectivity index (χ4n) is 7.43. The van der Waals surface area contributed by atoms with E-state index in [-0.39, 0.29) is 41.1 Å². The fourth-order valence-corrected chi connectivity index (χ4v) is 11.0. The molecule has 216 valence electrons. The summed E-state index contributed by atoms with van der Waals surface area (Å²) in [6.45, 7) is 7.92. The number of likely N-dealkylation sites (tertiary alicyclic amines) is 1. The molecule has 0 aromatic heterocycles. The van der Waals surface area contributed by atoms with Gasteiger partial charge in [-0.05, 0) is 31.2 Å². The number of fused-ring (bicyclic) bond motifs is 1. The second-order valence-electron chi connectivity index (χ2n) is 11.3. The van der Waals surface area contributed by atoms with Crippen molar-refractivity contribution >= 4 is 45.5 Å². The van der Waals surface area contributed by atoms with Crippen molar-refractivity contribution in [2.24, 2.45) is 11.8 Å². The first kappa shape index (κ1) is 29.4. The van der Waals surface area contributed by atoms with Gasteiger partial charge in [0.15, 0.2) is 0 Å². The van der Waals surface area contributed by atoms with E-state index >= 15 is 0 Å². The third kappa shape index (κ3) is 4.96. The molecule has 1 saturated carbocycles. The Morgan fingerprint density at radius 3 is 2.58 bits per heavy atom. The largest absolute Gasteiger partial charge is 0.465 e. The highest BCUT2D eigenvalue weighted by molar-refractivity contribution is 9.09. The monoisotopic (exact) mass is 630 g/mol. The Morgan fingerprint density at radius 1 is 1.20 bits per heavy atom. The van der Waals surface area contributed by atoms with Gasteiger partial charge in [-0.15, -0.1) is 24.9 Å². The first-order valence-corrected chi connectivity index (χ1v) is 16.2. The van der Waals surface area contributed by atoms with Crippen LogP contribution in [0.15, 0.2) is 55.6 Å². The van der Waals surface area contributed by atoms with Crippen molar-refractivity contribution in [2.45, 2.75) is 77.9 Å². The standard InChI is InChI=1S/C31H39BrN2O5S/c1-3-5-17-39-30(38)24-25-28(36)34(23(19-35)20-12-8-6-9-13-20)27(31(25)18-22(32)26(24)40-31)29(37)33(16-4-2)21-14-10-7-11-15-21/h3-4,6,8-9,12-13,21-27,35H,1-2,5,7,10-11,14-19H2/t22?,23-,24-,25+,26-,27?,31?/m1/s1. The summed E-state index contributed by atoms with van der Waals surface area (Å²) in [7, 11) is 0. The van der Waals surface area contributed by atoms with E-state index < -0.39 is 34.6 Å². The van der Waals surface area contributed by atoms with Gasteiger partial charge in [0, 0.05) is 22.7 Å². The Balaban J connectivity index is 1.59. The molecule has 3 heterocycles. The van der Waals surface area contributed by atoms with Gasteiger partial charge >= 0.3 is 5.97 Å². The van der Waals surface area contributed by atoms with Gasteiger partial charge < -0.3 is 19.6 Å². The first-order valence-electron chi connectivity index (χ1n) is 14.4. The number of ether oxygens (including phenoxy) is 1. The second kappa shape index (κ2) is 12.4. The fraction of sp³-hybridized carbons (Fsp3) is 0.581. The number of hydrogen-bond donors (Lipinski definition) is 1. The van der Waals surface area contributed by atoms with Crippen LogP contribution in [0.5, 0.6) is 0 Å². The van der Waals surface area contributed by atoms with Crippen molar-refractivity contribution in [3.05, 3.63) is 61.2 Å². The van der Waals surface area contributed by atoms with Gasteiger partial charge in [-0.25, -0.2) is 0 Å². The summed E-state index contributed by atoms with van der Waals surface area (Å²) < 4.78 is 4.83. The molecule has 4 fully saturated rings. The van der Waals surface area contributed by atoms with E-state index in [4.69, 9.17) is 4.74 Å². The van der Waals surface area contributed by atoms with Crippen molar-refractivity contribution in [1.29, 1.82) is 0 Å². The number of nitrogens with zero attached hydrogens (tertiary/aromatic N) is 2.